The second-order valence-corrected chi connectivity index (χ2v) is 11.7. The lowest BCUT2D eigenvalue weighted by atomic mass is 9.99. The van der Waals surface area contributed by atoms with Crippen LogP contribution in [0.2, 0.25) is 0 Å². The number of aliphatic carboxylic acids is 1. The molecule has 3 aromatic rings. The Kier molecular flexibility index (Phi) is 9.34. The number of carboxylic acids is 1. The SMILES string of the molecule is CC(C)(C)OC(=O)[C@@H]1CS[C@H](c2ccccc2-c2ccccc2)N1C(=O)CNC(=O)Nc1cccc(CC(=O)O)c1. The molecule has 3 N–H and O–H groups in total. The Morgan fingerprint density at radius 2 is 1.68 bits per heavy atom. The molecule has 1 aliphatic heterocycles. The fourth-order valence-electron chi connectivity index (χ4n) is 4.55. The van der Waals surface area contributed by atoms with Gasteiger partial charge in [-0.05, 0) is 55.2 Å². The van der Waals surface area contributed by atoms with E-state index in [0.29, 0.717) is 17.0 Å². The number of hydrogen-bond donors (Lipinski definition) is 3. The molecule has 0 bridgehead atoms. The first kappa shape index (κ1) is 29.7. The third-order valence-corrected chi connectivity index (χ3v) is 7.52. The number of carboxylic acid groups (broad SMARTS) is 1. The van der Waals surface area contributed by atoms with Crippen LogP contribution in [-0.2, 0) is 25.5 Å². The van der Waals surface area contributed by atoms with Gasteiger partial charge in [0.25, 0.3) is 0 Å². The summed E-state index contributed by atoms with van der Waals surface area (Å²) in [5.41, 5.74) is 3.00. The second-order valence-electron chi connectivity index (χ2n) is 10.6. The lowest BCUT2D eigenvalue weighted by molar-refractivity contribution is -0.163. The Balaban J connectivity index is 1.55. The van der Waals surface area contributed by atoms with Crippen molar-refractivity contribution in [3.05, 3.63) is 90.0 Å². The molecule has 0 aliphatic carbocycles. The van der Waals surface area contributed by atoms with Gasteiger partial charge >= 0.3 is 18.0 Å². The van der Waals surface area contributed by atoms with E-state index in [4.69, 9.17) is 9.84 Å². The molecule has 0 radical (unpaired) electrons. The average Bonchev–Trinajstić information content (AvgIpc) is 3.37. The number of amides is 3. The van der Waals surface area contributed by atoms with Gasteiger partial charge in [0.2, 0.25) is 5.91 Å². The summed E-state index contributed by atoms with van der Waals surface area (Å²) in [7, 11) is 0. The summed E-state index contributed by atoms with van der Waals surface area (Å²) in [5, 5.41) is 13.7. The van der Waals surface area contributed by atoms with Crippen LogP contribution in [0.25, 0.3) is 11.1 Å². The molecule has 10 heteroatoms. The molecule has 0 spiro atoms. The zero-order valence-corrected chi connectivity index (χ0v) is 23.9. The molecule has 1 saturated heterocycles. The van der Waals surface area contributed by atoms with Gasteiger partial charge in [0.15, 0.2) is 0 Å². The lowest BCUT2D eigenvalue weighted by Crippen LogP contribution is -2.49. The number of carbonyl (C=O) groups is 4. The first-order valence-electron chi connectivity index (χ1n) is 13.2. The third-order valence-electron chi connectivity index (χ3n) is 6.22. The molecule has 0 unspecified atom stereocenters. The van der Waals surface area contributed by atoms with E-state index in [1.54, 1.807) is 45.0 Å². The van der Waals surface area contributed by atoms with Crippen molar-refractivity contribution in [1.29, 1.82) is 0 Å². The van der Waals surface area contributed by atoms with E-state index in [-0.39, 0.29) is 13.0 Å². The number of anilines is 1. The zero-order chi connectivity index (χ0) is 29.6. The largest absolute Gasteiger partial charge is 0.481 e. The number of esters is 1. The van der Waals surface area contributed by atoms with E-state index in [0.717, 1.165) is 16.7 Å². The number of carbonyl (C=O) groups excluding carboxylic acids is 3. The van der Waals surface area contributed by atoms with Crippen LogP contribution in [0, 0.1) is 0 Å². The van der Waals surface area contributed by atoms with E-state index in [9.17, 15) is 19.2 Å². The maximum absolute atomic E-state index is 13.7. The van der Waals surface area contributed by atoms with Gasteiger partial charge in [0.05, 0.1) is 13.0 Å². The summed E-state index contributed by atoms with van der Waals surface area (Å²) < 4.78 is 5.66. The summed E-state index contributed by atoms with van der Waals surface area (Å²) in [4.78, 5) is 52.1. The number of urea groups is 1. The van der Waals surface area contributed by atoms with Crippen LogP contribution in [0.3, 0.4) is 0 Å². The molecular formula is C31H33N3O6S. The molecule has 0 aromatic heterocycles. The maximum atomic E-state index is 13.7. The third kappa shape index (κ3) is 7.88. The molecule has 0 saturated carbocycles. The molecule has 41 heavy (non-hydrogen) atoms. The Labute approximate surface area is 243 Å². The highest BCUT2D eigenvalue weighted by molar-refractivity contribution is 7.99. The molecule has 1 fully saturated rings. The summed E-state index contributed by atoms with van der Waals surface area (Å²) >= 11 is 1.47. The van der Waals surface area contributed by atoms with Crippen molar-refractivity contribution >= 4 is 41.3 Å². The van der Waals surface area contributed by atoms with Gasteiger partial charge < -0.3 is 25.4 Å². The molecule has 3 amide bonds. The highest BCUT2D eigenvalue weighted by Crippen LogP contribution is 2.45. The van der Waals surface area contributed by atoms with Crippen LogP contribution in [0.5, 0.6) is 0 Å². The van der Waals surface area contributed by atoms with Crippen molar-refractivity contribution in [2.45, 2.75) is 44.2 Å². The number of thioether (sulfide) groups is 1. The van der Waals surface area contributed by atoms with Gasteiger partial charge in [-0.3, -0.25) is 9.59 Å². The Morgan fingerprint density at radius 3 is 2.39 bits per heavy atom. The van der Waals surface area contributed by atoms with Crippen molar-refractivity contribution < 1.29 is 29.0 Å². The fourth-order valence-corrected chi connectivity index (χ4v) is 6.02. The van der Waals surface area contributed by atoms with Gasteiger partial charge in [0, 0.05) is 11.4 Å². The molecule has 2 atom stereocenters. The minimum Gasteiger partial charge on any atom is -0.481 e. The number of hydrogen-bond acceptors (Lipinski definition) is 6. The van der Waals surface area contributed by atoms with Crippen LogP contribution in [-0.4, -0.2) is 57.8 Å². The normalized spacial score (nSPS) is 16.6. The van der Waals surface area contributed by atoms with Gasteiger partial charge in [0.1, 0.15) is 17.0 Å². The molecular weight excluding hydrogens is 542 g/mol. The van der Waals surface area contributed by atoms with E-state index < -0.39 is 40.9 Å². The quantitative estimate of drug-likeness (QED) is 0.320. The fraction of sp³-hybridized carbons (Fsp3) is 0.290. The highest BCUT2D eigenvalue weighted by Gasteiger charge is 2.44. The van der Waals surface area contributed by atoms with E-state index in [1.807, 2.05) is 54.6 Å². The first-order valence-corrected chi connectivity index (χ1v) is 14.2. The predicted molar refractivity (Wildman–Crippen MR) is 158 cm³/mol. The highest BCUT2D eigenvalue weighted by atomic mass is 32.2. The van der Waals surface area contributed by atoms with Crippen LogP contribution in [0.15, 0.2) is 78.9 Å². The number of nitrogens with one attached hydrogen (secondary N) is 2. The molecule has 214 valence electrons. The Bertz CT molecular complexity index is 1420. The number of rotatable bonds is 8. The van der Waals surface area contributed by atoms with E-state index in [1.165, 1.54) is 16.7 Å². The van der Waals surface area contributed by atoms with Crippen molar-refractivity contribution in [2.24, 2.45) is 0 Å². The molecule has 1 aliphatic rings. The summed E-state index contributed by atoms with van der Waals surface area (Å²) in [5.74, 6) is -1.58. The van der Waals surface area contributed by atoms with Crippen LogP contribution >= 0.6 is 11.8 Å². The Hall–Kier alpha value is -4.31. The predicted octanol–water partition coefficient (Wildman–Crippen LogP) is 5.09. The minimum atomic E-state index is -0.983. The number of nitrogens with zero attached hydrogens (tertiary/aromatic N) is 1. The van der Waals surface area contributed by atoms with Crippen LogP contribution < -0.4 is 10.6 Å². The van der Waals surface area contributed by atoms with Crippen LogP contribution in [0.4, 0.5) is 10.5 Å². The molecule has 3 aromatic carbocycles. The number of ether oxygens (including phenoxy) is 1. The molecule has 4 rings (SSSR count). The Morgan fingerprint density at radius 1 is 0.976 bits per heavy atom. The van der Waals surface area contributed by atoms with Crippen molar-refractivity contribution in [3.8, 4) is 11.1 Å². The van der Waals surface area contributed by atoms with E-state index in [2.05, 4.69) is 10.6 Å². The van der Waals surface area contributed by atoms with Crippen molar-refractivity contribution in [2.75, 3.05) is 17.6 Å². The lowest BCUT2D eigenvalue weighted by Gasteiger charge is -2.31. The smallest absolute Gasteiger partial charge is 0.330 e. The standard InChI is InChI=1S/C31H33N3O6S/c1-31(2,3)40-29(38)25-19-41-28(24-15-8-7-14-23(24)21-11-5-4-6-12-21)34(25)26(35)18-32-30(39)33-22-13-9-10-20(16-22)17-27(36)37/h4-16,25,28H,17-19H2,1-3H3,(H,36,37)(H2,32,33,39)/t25-,28+/m0/s1. The van der Waals surface area contributed by atoms with Gasteiger partial charge in [-0.2, -0.15) is 0 Å². The average molecular weight is 576 g/mol. The molecule has 9 nitrogen and oxygen atoms in total. The number of benzene rings is 3. The molecule has 1 heterocycles. The van der Waals surface area contributed by atoms with E-state index >= 15 is 0 Å². The minimum absolute atomic E-state index is 0.180. The van der Waals surface area contributed by atoms with Gasteiger partial charge in [-0.25, -0.2) is 9.59 Å². The van der Waals surface area contributed by atoms with Crippen molar-refractivity contribution in [1.82, 2.24) is 10.2 Å². The van der Waals surface area contributed by atoms with Gasteiger partial charge in [-0.15, -0.1) is 11.8 Å². The maximum Gasteiger partial charge on any atom is 0.330 e. The van der Waals surface area contributed by atoms with Gasteiger partial charge in [-0.1, -0.05) is 66.7 Å². The monoisotopic (exact) mass is 575 g/mol. The second kappa shape index (κ2) is 12.9. The summed E-state index contributed by atoms with van der Waals surface area (Å²) in [6, 6.07) is 22.6. The first-order chi connectivity index (χ1) is 19.5. The summed E-state index contributed by atoms with van der Waals surface area (Å²) in [6.07, 6.45) is -0.180. The zero-order valence-electron chi connectivity index (χ0n) is 23.1. The van der Waals surface area contributed by atoms with Crippen LogP contribution in [0.1, 0.15) is 37.3 Å². The topological polar surface area (TPSA) is 125 Å². The van der Waals surface area contributed by atoms with Crippen molar-refractivity contribution in [3.63, 3.8) is 0 Å². The summed E-state index contributed by atoms with van der Waals surface area (Å²) in [6.45, 7) is 4.97.